The van der Waals surface area contributed by atoms with Crippen molar-refractivity contribution < 1.29 is 16.8 Å². The molecule has 0 aliphatic heterocycles. The van der Waals surface area contributed by atoms with E-state index in [1.807, 2.05) is 8.61 Å². The summed E-state index contributed by atoms with van der Waals surface area (Å²) in [6.07, 6.45) is 43.8. The van der Waals surface area contributed by atoms with Gasteiger partial charge in [0, 0.05) is 26.2 Å². The maximum atomic E-state index is 13.6. The van der Waals surface area contributed by atoms with Gasteiger partial charge >= 0.3 is 0 Å². The summed E-state index contributed by atoms with van der Waals surface area (Å²) in [4.78, 5) is 2.57. The van der Waals surface area contributed by atoms with E-state index in [-0.39, 0.29) is 23.9 Å². The Morgan fingerprint density at radius 1 is 0.286 bits per heavy atom. The fraction of sp³-hybridized carbons (Fsp3) is 1.00. The summed E-state index contributed by atoms with van der Waals surface area (Å²) in [7, 11) is -6.45. The Morgan fingerprint density at radius 3 is 0.746 bits per heavy atom. The number of nitrogens with two attached hydrogens (primary N) is 1. The van der Waals surface area contributed by atoms with Gasteiger partial charge in [-0.2, -0.15) is 0 Å². The largest absolute Gasteiger partial charge is 0.330 e. The molecule has 0 rings (SSSR count). The Balaban J connectivity index is 0. The maximum absolute atomic E-state index is 13.6. The van der Waals surface area contributed by atoms with Crippen LogP contribution in [0.1, 0.15) is 272 Å². The lowest BCUT2D eigenvalue weighted by molar-refractivity contribution is 0.256. The van der Waals surface area contributed by atoms with Gasteiger partial charge in [-0.3, -0.25) is 0 Å². The highest BCUT2D eigenvalue weighted by atomic mass is 35.5. The molecule has 0 aliphatic carbocycles. The van der Waals surface area contributed by atoms with Gasteiger partial charge in [-0.25, -0.2) is 25.4 Å². The van der Waals surface area contributed by atoms with Crippen LogP contribution in [-0.2, 0) is 20.0 Å². The minimum absolute atomic E-state index is 0. The summed E-state index contributed by atoms with van der Waals surface area (Å²) < 4.78 is 57.9. The molecule has 0 bridgehead atoms. The van der Waals surface area contributed by atoms with Crippen LogP contribution in [0.3, 0.4) is 0 Å². The second-order valence-corrected chi connectivity index (χ2v) is 23.3. The topological polar surface area (TPSA) is 104 Å². The second-order valence-electron chi connectivity index (χ2n) is 19.1. The van der Waals surface area contributed by atoms with Crippen molar-refractivity contribution in [3.8, 4) is 0 Å². The van der Waals surface area contributed by atoms with E-state index in [0.717, 1.165) is 142 Å². The van der Waals surface area contributed by atoms with Gasteiger partial charge in [0.25, 0.3) is 0 Å². The standard InChI is InChI=1S/C52H110N4O4S2.ClH/c1-5-9-13-17-21-23-27-38-49-55(47-36-25-19-15-11-7-3)61(57,58)51-41-31-29-34-44-54(46-40-33-43-53)45-35-30-32-42-52-62(59,60)56(48-37-26-20-16-12-8-4)50-39-28-24-22-18-14-10-6-2;/h5-53H2,1-4H3;1H. The molecule has 2 N–H and O–H groups in total. The van der Waals surface area contributed by atoms with E-state index < -0.39 is 20.0 Å². The van der Waals surface area contributed by atoms with Gasteiger partial charge in [-0.05, 0) is 90.4 Å². The summed E-state index contributed by atoms with van der Waals surface area (Å²) in [5.74, 6) is 0.567. The molecule has 0 saturated carbocycles. The van der Waals surface area contributed by atoms with Gasteiger partial charge in [-0.1, -0.05) is 207 Å². The van der Waals surface area contributed by atoms with Crippen LogP contribution >= 0.6 is 12.4 Å². The Morgan fingerprint density at radius 2 is 0.492 bits per heavy atom. The van der Waals surface area contributed by atoms with Gasteiger partial charge < -0.3 is 10.6 Å². The van der Waals surface area contributed by atoms with Crippen molar-refractivity contribution in [2.24, 2.45) is 5.73 Å². The zero-order chi connectivity index (χ0) is 45.7. The molecule has 0 fully saturated rings. The molecule has 382 valence electrons. The Hall–Kier alpha value is 0.0300. The third-order valence-electron chi connectivity index (χ3n) is 13.0. The lowest BCUT2D eigenvalue weighted by Crippen LogP contribution is -2.35. The molecule has 0 aromatic carbocycles. The maximum Gasteiger partial charge on any atom is 0.214 e. The lowest BCUT2D eigenvalue weighted by Gasteiger charge is -2.23. The Bertz CT molecular complexity index is 1050. The minimum Gasteiger partial charge on any atom is -0.330 e. The molecule has 0 unspecified atom stereocenters. The number of rotatable bonds is 52. The van der Waals surface area contributed by atoms with Crippen molar-refractivity contribution in [2.45, 2.75) is 272 Å². The van der Waals surface area contributed by atoms with E-state index in [1.54, 1.807) is 0 Å². The number of hydrogen-bond acceptors (Lipinski definition) is 6. The monoisotopic (exact) mass is 955 g/mol. The van der Waals surface area contributed by atoms with Crippen LogP contribution in [0.25, 0.3) is 0 Å². The fourth-order valence-electron chi connectivity index (χ4n) is 8.78. The Kier molecular flexibility index (Phi) is 50.1. The third kappa shape index (κ3) is 41.9. The third-order valence-corrected chi connectivity index (χ3v) is 16.9. The molecule has 11 heteroatoms. The number of hydrogen-bond donors (Lipinski definition) is 1. The molecule has 0 saturated heterocycles. The first-order valence-electron chi connectivity index (χ1n) is 27.6. The van der Waals surface area contributed by atoms with Crippen LogP contribution in [0.4, 0.5) is 0 Å². The average molecular weight is 956 g/mol. The van der Waals surface area contributed by atoms with Crippen LogP contribution in [0.15, 0.2) is 0 Å². The molecular weight excluding hydrogens is 844 g/mol. The van der Waals surface area contributed by atoms with E-state index in [2.05, 4.69) is 32.6 Å². The highest BCUT2D eigenvalue weighted by Gasteiger charge is 2.22. The number of sulfonamides is 2. The molecule has 0 aliphatic rings. The van der Waals surface area contributed by atoms with E-state index in [4.69, 9.17) is 5.73 Å². The van der Waals surface area contributed by atoms with Crippen molar-refractivity contribution in [2.75, 3.05) is 63.9 Å². The summed E-state index contributed by atoms with van der Waals surface area (Å²) in [6, 6.07) is 0. The molecule has 0 aromatic rings. The molecule has 8 nitrogen and oxygen atoms in total. The number of halogens is 1. The highest BCUT2D eigenvalue weighted by Crippen LogP contribution is 2.17. The van der Waals surface area contributed by atoms with Gasteiger partial charge in [0.2, 0.25) is 20.0 Å². The van der Waals surface area contributed by atoms with Crippen LogP contribution in [0.2, 0.25) is 0 Å². The highest BCUT2D eigenvalue weighted by molar-refractivity contribution is 7.89. The lowest BCUT2D eigenvalue weighted by atomic mass is 10.1. The fourth-order valence-corrected chi connectivity index (χ4v) is 12.1. The van der Waals surface area contributed by atoms with Crippen LogP contribution in [-0.4, -0.2) is 94.2 Å². The number of nitrogens with zero attached hydrogens (tertiary/aromatic N) is 3. The van der Waals surface area contributed by atoms with Crippen LogP contribution in [0, 0.1) is 0 Å². The summed E-state index contributed by atoms with van der Waals surface area (Å²) in [6.45, 7) is 15.6. The molecule has 0 atom stereocenters. The molecule has 0 spiro atoms. The van der Waals surface area contributed by atoms with Crippen molar-refractivity contribution >= 4 is 32.5 Å². The minimum atomic E-state index is -3.23. The molecular formula is C52H111ClN4O4S2. The summed E-state index contributed by atoms with van der Waals surface area (Å²) in [5, 5.41) is 0. The Labute approximate surface area is 402 Å². The molecule has 0 aromatic heterocycles. The first-order chi connectivity index (χ1) is 30.2. The van der Waals surface area contributed by atoms with Gasteiger partial charge in [0.1, 0.15) is 0 Å². The van der Waals surface area contributed by atoms with Crippen molar-refractivity contribution in [1.82, 2.24) is 13.5 Å². The van der Waals surface area contributed by atoms with E-state index in [9.17, 15) is 16.8 Å². The van der Waals surface area contributed by atoms with Gasteiger partial charge in [-0.15, -0.1) is 12.4 Å². The predicted molar refractivity (Wildman–Crippen MR) is 282 cm³/mol. The smallest absolute Gasteiger partial charge is 0.214 e. The molecule has 63 heavy (non-hydrogen) atoms. The second kappa shape index (κ2) is 48.5. The van der Waals surface area contributed by atoms with Crippen LogP contribution < -0.4 is 5.73 Å². The molecule has 0 amide bonds. The summed E-state index contributed by atoms with van der Waals surface area (Å²) in [5.41, 5.74) is 5.84. The quantitative estimate of drug-likeness (QED) is 0.0609. The van der Waals surface area contributed by atoms with E-state index in [0.29, 0.717) is 26.2 Å². The normalized spacial score (nSPS) is 12.3. The van der Waals surface area contributed by atoms with Gasteiger partial charge in [0.05, 0.1) is 11.5 Å². The van der Waals surface area contributed by atoms with Crippen LogP contribution in [0.5, 0.6) is 0 Å². The van der Waals surface area contributed by atoms with E-state index >= 15 is 0 Å². The van der Waals surface area contributed by atoms with Crippen molar-refractivity contribution in [1.29, 1.82) is 0 Å². The first kappa shape index (κ1) is 65.1. The first-order valence-corrected chi connectivity index (χ1v) is 30.8. The zero-order valence-corrected chi connectivity index (χ0v) is 45.2. The SMILES string of the molecule is CCCCCCCCCCN(CCCCCCCC)S(=O)(=O)CCCCCCN(CCCCN)CCCCCCS(=O)(=O)N(CCCCCCCC)CCCCCCCCCC.Cl. The predicted octanol–water partition coefficient (Wildman–Crippen LogP) is 14.8. The average Bonchev–Trinajstić information content (AvgIpc) is 3.25. The van der Waals surface area contributed by atoms with Gasteiger partial charge in [0.15, 0.2) is 0 Å². The zero-order valence-electron chi connectivity index (χ0n) is 42.7. The van der Waals surface area contributed by atoms with Crippen molar-refractivity contribution in [3.63, 3.8) is 0 Å². The van der Waals surface area contributed by atoms with E-state index in [1.165, 1.54) is 128 Å². The molecule has 0 heterocycles. The summed E-state index contributed by atoms with van der Waals surface area (Å²) >= 11 is 0. The van der Waals surface area contributed by atoms with Crippen molar-refractivity contribution in [3.05, 3.63) is 0 Å². The number of unbranched alkanes of at least 4 members (excludes halogenated alkanes) is 31. The molecule has 0 radical (unpaired) electrons.